The molecule has 3 nitrogen and oxygen atoms in total. The van der Waals surface area contributed by atoms with Crippen LogP contribution < -0.4 is 0 Å². The molecule has 122 valence electrons. The summed E-state index contributed by atoms with van der Waals surface area (Å²) in [6.45, 7) is 1.91. The summed E-state index contributed by atoms with van der Waals surface area (Å²) in [4.78, 5) is 13.4. The number of hydrogen-bond donors (Lipinski definition) is 0. The third kappa shape index (κ3) is 3.54. The van der Waals surface area contributed by atoms with Crippen molar-refractivity contribution < 1.29 is 13.9 Å². The largest absolute Gasteiger partial charge is 0.469 e. The Kier molecular flexibility index (Phi) is 5.06. The number of benzene rings is 2. The van der Waals surface area contributed by atoms with Crippen LogP contribution in [0.25, 0.3) is 11.1 Å². The second-order valence-corrected chi connectivity index (χ2v) is 6.40. The fraction of sp³-hybridized carbons (Fsp3) is 0.150. The Morgan fingerprint density at radius 1 is 1.12 bits per heavy atom. The van der Waals surface area contributed by atoms with Crippen LogP contribution in [0.3, 0.4) is 0 Å². The molecule has 0 aliphatic carbocycles. The van der Waals surface area contributed by atoms with E-state index in [1.165, 1.54) is 12.0 Å². The van der Waals surface area contributed by atoms with E-state index < -0.39 is 0 Å². The van der Waals surface area contributed by atoms with Crippen molar-refractivity contribution in [1.29, 1.82) is 0 Å². The van der Waals surface area contributed by atoms with E-state index in [0.717, 1.165) is 22.5 Å². The predicted octanol–water partition coefficient (Wildman–Crippen LogP) is 5.33. The molecule has 0 amide bonds. The van der Waals surface area contributed by atoms with E-state index in [9.17, 15) is 4.79 Å². The van der Waals surface area contributed by atoms with Crippen molar-refractivity contribution >= 4 is 17.7 Å². The summed E-state index contributed by atoms with van der Waals surface area (Å²) in [6, 6.07) is 17.9. The van der Waals surface area contributed by atoms with E-state index in [1.54, 1.807) is 18.0 Å². The number of hydrogen-bond acceptors (Lipinski definition) is 4. The van der Waals surface area contributed by atoms with Gasteiger partial charge in [0.25, 0.3) is 0 Å². The third-order valence-corrected chi connectivity index (χ3v) is 4.88. The highest BCUT2D eigenvalue weighted by Crippen LogP contribution is 2.30. The molecule has 0 saturated carbocycles. The van der Waals surface area contributed by atoms with Crippen molar-refractivity contribution in [2.45, 2.75) is 17.6 Å². The lowest BCUT2D eigenvalue weighted by Gasteiger charge is -2.10. The Hall–Kier alpha value is -2.46. The molecule has 1 aromatic heterocycles. The first kappa shape index (κ1) is 16.4. The van der Waals surface area contributed by atoms with E-state index >= 15 is 0 Å². The van der Waals surface area contributed by atoms with Gasteiger partial charge in [-0.25, -0.2) is 4.79 Å². The first-order valence-corrected chi connectivity index (χ1v) is 8.61. The van der Waals surface area contributed by atoms with Gasteiger partial charge in [-0.05, 0) is 42.3 Å². The number of ether oxygens (including phenoxy) is 1. The molecule has 3 aromatic rings. The van der Waals surface area contributed by atoms with Crippen LogP contribution in [0.1, 0.15) is 21.7 Å². The summed E-state index contributed by atoms with van der Waals surface area (Å²) in [5, 5.41) is 0. The molecule has 0 bridgehead atoms. The number of thioether (sulfide) groups is 1. The van der Waals surface area contributed by atoms with Gasteiger partial charge in [0.05, 0.1) is 18.9 Å². The zero-order valence-corrected chi connectivity index (χ0v) is 14.4. The normalized spacial score (nSPS) is 10.6. The van der Waals surface area contributed by atoms with Gasteiger partial charge in [0, 0.05) is 16.2 Å². The van der Waals surface area contributed by atoms with E-state index in [4.69, 9.17) is 9.15 Å². The number of methoxy groups -OCH3 is 1. The number of rotatable bonds is 5. The lowest BCUT2D eigenvalue weighted by atomic mass is 10.00. The van der Waals surface area contributed by atoms with Gasteiger partial charge in [-0.3, -0.25) is 0 Å². The van der Waals surface area contributed by atoms with Gasteiger partial charge in [0.2, 0.25) is 0 Å². The molecule has 0 saturated heterocycles. The summed E-state index contributed by atoms with van der Waals surface area (Å²) in [5.74, 6) is 1.22. The predicted molar refractivity (Wildman–Crippen MR) is 96.2 cm³/mol. The van der Waals surface area contributed by atoms with Crippen LogP contribution in [0, 0.1) is 6.92 Å². The summed E-state index contributed by atoms with van der Waals surface area (Å²) in [6.07, 6.45) is 1.65. The molecule has 0 atom stereocenters. The van der Waals surface area contributed by atoms with Gasteiger partial charge < -0.3 is 9.15 Å². The molecule has 0 radical (unpaired) electrons. The van der Waals surface area contributed by atoms with Gasteiger partial charge in [-0.15, -0.1) is 11.8 Å². The maximum Gasteiger partial charge on any atom is 0.338 e. The van der Waals surface area contributed by atoms with Crippen LogP contribution >= 0.6 is 11.8 Å². The summed E-state index contributed by atoms with van der Waals surface area (Å²) < 4.78 is 10.3. The molecular weight excluding hydrogens is 320 g/mol. The van der Waals surface area contributed by atoms with Crippen LogP contribution in [0.2, 0.25) is 0 Å². The number of furan rings is 1. The van der Waals surface area contributed by atoms with Crippen molar-refractivity contribution in [3.05, 3.63) is 77.7 Å². The number of esters is 1. The van der Waals surface area contributed by atoms with Crippen molar-refractivity contribution in [2.75, 3.05) is 7.11 Å². The molecule has 4 heteroatoms. The fourth-order valence-electron chi connectivity index (χ4n) is 2.53. The topological polar surface area (TPSA) is 39.4 Å². The lowest BCUT2D eigenvalue weighted by molar-refractivity contribution is 0.0600. The van der Waals surface area contributed by atoms with Crippen LogP contribution in [-0.4, -0.2) is 13.1 Å². The highest BCUT2D eigenvalue weighted by Gasteiger charge is 2.15. The van der Waals surface area contributed by atoms with Gasteiger partial charge in [-0.1, -0.05) is 30.3 Å². The summed E-state index contributed by atoms with van der Waals surface area (Å²) in [5.41, 5.74) is 3.50. The number of carbonyl (C=O) groups excluding carboxylic acids is 1. The zero-order chi connectivity index (χ0) is 16.9. The van der Waals surface area contributed by atoms with Crippen molar-refractivity contribution in [3.63, 3.8) is 0 Å². The summed E-state index contributed by atoms with van der Waals surface area (Å²) >= 11 is 1.70. The van der Waals surface area contributed by atoms with Crippen LogP contribution in [0.5, 0.6) is 0 Å². The molecule has 2 aromatic carbocycles. The van der Waals surface area contributed by atoms with E-state index in [1.807, 2.05) is 49.4 Å². The molecule has 0 aliphatic rings. The van der Waals surface area contributed by atoms with E-state index in [-0.39, 0.29) is 5.97 Å². The van der Waals surface area contributed by atoms with Crippen LogP contribution in [0.15, 0.2) is 70.2 Å². The maximum atomic E-state index is 12.2. The Bertz CT molecular complexity index is 837. The minimum absolute atomic E-state index is 0.318. The SMILES string of the molecule is COC(=O)c1cc(-c2ccoc2C)ccc1CSc1ccccc1. The van der Waals surface area contributed by atoms with Gasteiger partial charge in [-0.2, -0.15) is 0 Å². The van der Waals surface area contributed by atoms with Crippen LogP contribution in [-0.2, 0) is 10.5 Å². The van der Waals surface area contributed by atoms with Gasteiger partial charge in [0.1, 0.15) is 5.76 Å². The molecule has 0 fully saturated rings. The molecule has 24 heavy (non-hydrogen) atoms. The number of aryl methyl sites for hydroxylation is 1. The molecule has 3 rings (SSSR count). The van der Waals surface area contributed by atoms with E-state index in [0.29, 0.717) is 11.3 Å². The highest BCUT2D eigenvalue weighted by molar-refractivity contribution is 7.98. The average molecular weight is 338 g/mol. The second-order valence-electron chi connectivity index (χ2n) is 5.36. The highest BCUT2D eigenvalue weighted by atomic mass is 32.2. The smallest absolute Gasteiger partial charge is 0.338 e. The molecule has 0 unspecified atom stereocenters. The Morgan fingerprint density at radius 3 is 2.58 bits per heavy atom. The van der Waals surface area contributed by atoms with Crippen LogP contribution in [0.4, 0.5) is 0 Å². The number of carbonyl (C=O) groups is 1. The van der Waals surface area contributed by atoms with Crippen molar-refractivity contribution in [3.8, 4) is 11.1 Å². The first-order valence-electron chi connectivity index (χ1n) is 7.62. The fourth-order valence-corrected chi connectivity index (χ4v) is 3.46. The molecule has 0 N–H and O–H groups in total. The van der Waals surface area contributed by atoms with Crippen molar-refractivity contribution in [1.82, 2.24) is 0 Å². The Morgan fingerprint density at radius 2 is 1.92 bits per heavy atom. The maximum absolute atomic E-state index is 12.2. The molecule has 1 heterocycles. The molecular formula is C20H18O3S. The molecule has 0 aliphatic heterocycles. The minimum Gasteiger partial charge on any atom is -0.469 e. The average Bonchev–Trinajstić information content (AvgIpc) is 3.06. The Labute approximate surface area is 145 Å². The first-order chi connectivity index (χ1) is 11.7. The van der Waals surface area contributed by atoms with Gasteiger partial charge >= 0.3 is 5.97 Å². The quantitative estimate of drug-likeness (QED) is 0.465. The van der Waals surface area contributed by atoms with Gasteiger partial charge in [0.15, 0.2) is 0 Å². The zero-order valence-electron chi connectivity index (χ0n) is 13.6. The lowest BCUT2D eigenvalue weighted by Crippen LogP contribution is -2.05. The standard InChI is InChI=1S/C20H18O3S/c1-14-18(10-11-23-14)15-8-9-16(19(12-15)20(21)22-2)13-24-17-6-4-3-5-7-17/h3-12H,13H2,1-2H3. The second kappa shape index (κ2) is 7.41. The van der Waals surface area contributed by atoms with E-state index in [2.05, 4.69) is 12.1 Å². The summed E-state index contributed by atoms with van der Waals surface area (Å²) in [7, 11) is 1.41. The molecule has 0 spiro atoms. The minimum atomic E-state index is -0.318. The van der Waals surface area contributed by atoms with Crippen molar-refractivity contribution in [2.24, 2.45) is 0 Å². The third-order valence-electron chi connectivity index (χ3n) is 3.82. The Balaban J connectivity index is 1.91. The monoisotopic (exact) mass is 338 g/mol.